The number of amides is 1. The molecule has 0 saturated carbocycles. The SMILES string of the molecule is C[C@H](O)Cn1cc(-c2cnc3[nH]cc(/C=C/C(N)=O)c3n2)ccc1=O. The number of H-pyrrole nitrogens is 1. The van der Waals surface area contributed by atoms with Gasteiger partial charge >= 0.3 is 0 Å². The summed E-state index contributed by atoms with van der Waals surface area (Å²) in [7, 11) is 0. The van der Waals surface area contributed by atoms with Crippen LogP contribution in [0, 0.1) is 0 Å². The number of nitrogens with two attached hydrogens (primary N) is 1. The molecule has 0 unspecified atom stereocenters. The van der Waals surface area contributed by atoms with Gasteiger partial charge in [0, 0.05) is 35.7 Å². The molecule has 8 heteroatoms. The van der Waals surface area contributed by atoms with E-state index < -0.39 is 12.0 Å². The molecule has 0 radical (unpaired) electrons. The Hall–Kier alpha value is -3.26. The average molecular weight is 339 g/mol. The summed E-state index contributed by atoms with van der Waals surface area (Å²) >= 11 is 0. The highest BCUT2D eigenvalue weighted by atomic mass is 16.3. The van der Waals surface area contributed by atoms with Crippen LogP contribution >= 0.6 is 0 Å². The number of carbonyl (C=O) groups excluding carboxylic acids is 1. The minimum absolute atomic E-state index is 0.194. The lowest BCUT2D eigenvalue weighted by molar-refractivity contribution is -0.113. The number of aliphatic hydroxyl groups excluding tert-OH is 1. The fraction of sp³-hybridized carbons (Fsp3) is 0.176. The Kier molecular flexibility index (Phi) is 4.44. The van der Waals surface area contributed by atoms with Gasteiger partial charge in [0.2, 0.25) is 5.91 Å². The molecule has 3 heterocycles. The van der Waals surface area contributed by atoms with Crippen molar-refractivity contribution in [1.29, 1.82) is 0 Å². The van der Waals surface area contributed by atoms with Gasteiger partial charge in [-0.15, -0.1) is 0 Å². The van der Waals surface area contributed by atoms with Gasteiger partial charge in [-0.05, 0) is 19.1 Å². The van der Waals surface area contributed by atoms with E-state index >= 15 is 0 Å². The highest BCUT2D eigenvalue weighted by Gasteiger charge is 2.09. The van der Waals surface area contributed by atoms with Crippen molar-refractivity contribution < 1.29 is 9.90 Å². The summed E-state index contributed by atoms with van der Waals surface area (Å²) < 4.78 is 1.43. The van der Waals surface area contributed by atoms with E-state index in [4.69, 9.17) is 5.73 Å². The van der Waals surface area contributed by atoms with Crippen molar-refractivity contribution in [3.63, 3.8) is 0 Å². The molecule has 3 rings (SSSR count). The number of primary amides is 1. The van der Waals surface area contributed by atoms with Gasteiger partial charge in [-0.3, -0.25) is 9.59 Å². The van der Waals surface area contributed by atoms with E-state index in [1.54, 1.807) is 37.7 Å². The van der Waals surface area contributed by atoms with Gasteiger partial charge in [0.25, 0.3) is 5.56 Å². The van der Waals surface area contributed by atoms with E-state index in [0.717, 1.165) is 0 Å². The van der Waals surface area contributed by atoms with Gasteiger partial charge < -0.3 is 20.4 Å². The maximum Gasteiger partial charge on any atom is 0.250 e. The number of pyridine rings is 1. The minimum Gasteiger partial charge on any atom is -0.392 e. The van der Waals surface area contributed by atoms with Crippen LogP contribution in [0.5, 0.6) is 0 Å². The molecule has 0 bridgehead atoms. The van der Waals surface area contributed by atoms with Crippen LogP contribution in [0.4, 0.5) is 0 Å². The Morgan fingerprint density at radius 1 is 1.48 bits per heavy atom. The Bertz CT molecular complexity index is 1020. The predicted octanol–water partition coefficient (Wildman–Crippen LogP) is 0.666. The first kappa shape index (κ1) is 16.6. The molecule has 0 aromatic carbocycles. The summed E-state index contributed by atoms with van der Waals surface area (Å²) in [5, 5.41) is 9.51. The molecule has 3 aromatic rings. The average Bonchev–Trinajstić information content (AvgIpc) is 2.97. The van der Waals surface area contributed by atoms with Crippen LogP contribution in [-0.4, -0.2) is 36.6 Å². The molecule has 8 nitrogen and oxygen atoms in total. The number of hydrogen-bond donors (Lipinski definition) is 3. The molecular weight excluding hydrogens is 322 g/mol. The van der Waals surface area contributed by atoms with Crippen molar-refractivity contribution in [2.45, 2.75) is 19.6 Å². The zero-order valence-corrected chi connectivity index (χ0v) is 13.5. The number of aliphatic hydroxyl groups is 1. The highest BCUT2D eigenvalue weighted by Crippen LogP contribution is 2.21. The van der Waals surface area contributed by atoms with Crippen LogP contribution in [0.2, 0.25) is 0 Å². The van der Waals surface area contributed by atoms with Crippen LogP contribution in [0.3, 0.4) is 0 Å². The summed E-state index contributed by atoms with van der Waals surface area (Å²) in [6.45, 7) is 1.81. The molecule has 0 fully saturated rings. The standard InChI is InChI=1S/C17H17N5O3/c1-10(23)8-22-9-12(3-5-15(22)25)13-7-20-17-16(21-13)11(6-19-17)2-4-14(18)24/h2-7,9-10,23H,8H2,1H3,(H2,18,24)(H,19,20)/b4-2+/t10-/m0/s1. The smallest absolute Gasteiger partial charge is 0.250 e. The lowest BCUT2D eigenvalue weighted by Crippen LogP contribution is -2.24. The van der Waals surface area contributed by atoms with Gasteiger partial charge in [-0.25, -0.2) is 9.97 Å². The Morgan fingerprint density at radius 3 is 3.00 bits per heavy atom. The fourth-order valence-electron chi connectivity index (χ4n) is 2.46. The van der Waals surface area contributed by atoms with E-state index in [0.29, 0.717) is 28.0 Å². The zero-order chi connectivity index (χ0) is 18.0. The van der Waals surface area contributed by atoms with Crippen molar-refractivity contribution in [1.82, 2.24) is 19.5 Å². The maximum atomic E-state index is 11.9. The lowest BCUT2D eigenvalue weighted by Gasteiger charge is -2.09. The van der Waals surface area contributed by atoms with Crippen LogP contribution in [-0.2, 0) is 11.3 Å². The second-order valence-corrected chi connectivity index (χ2v) is 5.69. The molecule has 0 spiro atoms. The number of carbonyl (C=O) groups is 1. The molecule has 0 saturated heterocycles. The summed E-state index contributed by atoms with van der Waals surface area (Å²) in [5.41, 5.74) is 8.02. The van der Waals surface area contributed by atoms with Crippen LogP contribution in [0.1, 0.15) is 12.5 Å². The summed E-state index contributed by atoms with van der Waals surface area (Å²) in [6.07, 6.45) is 7.08. The molecule has 4 N–H and O–H groups in total. The molecule has 3 aromatic heterocycles. The second kappa shape index (κ2) is 6.70. The van der Waals surface area contributed by atoms with E-state index in [2.05, 4.69) is 15.0 Å². The molecule has 0 aliphatic heterocycles. The third-order valence-electron chi connectivity index (χ3n) is 3.58. The van der Waals surface area contributed by atoms with Gasteiger partial charge in [0.05, 0.1) is 24.5 Å². The van der Waals surface area contributed by atoms with Gasteiger partial charge in [0.1, 0.15) is 5.52 Å². The second-order valence-electron chi connectivity index (χ2n) is 5.69. The normalized spacial score (nSPS) is 12.7. The number of nitrogens with zero attached hydrogens (tertiary/aromatic N) is 3. The Balaban J connectivity index is 2.05. The van der Waals surface area contributed by atoms with Crippen molar-refractivity contribution >= 4 is 23.1 Å². The first-order valence-corrected chi connectivity index (χ1v) is 7.64. The molecule has 0 aliphatic carbocycles. The zero-order valence-electron chi connectivity index (χ0n) is 13.5. The molecule has 128 valence electrons. The molecule has 0 aliphatic rings. The van der Waals surface area contributed by atoms with Crippen molar-refractivity contribution in [3.05, 3.63) is 52.7 Å². The van der Waals surface area contributed by atoms with Crippen LogP contribution in [0.25, 0.3) is 28.5 Å². The van der Waals surface area contributed by atoms with Gasteiger partial charge in [0.15, 0.2) is 5.65 Å². The predicted molar refractivity (Wildman–Crippen MR) is 93.5 cm³/mol. The number of nitrogens with one attached hydrogen (secondary N) is 1. The molecule has 1 amide bonds. The summed E-state index contributed by atoms with van der Waals surface area (Å²) in [6, 6.07) is 3.08. The van der Waals surface area contributed by atoms with E-state index in [9.17, 15) is 14.7 Å². The monoisotopic (exact) mass is 339 g/mol. The Labute approximate surface area is 142 Å². The third-order valence-corrected chi connectivity index (χ3v) is 3.58. The maximum absolute atomic E-state index is 11.9. The lowest BCUT2D eigenvalue weighted by atomic mass is 10.2. The molecule has 1 atom stereocenters. The van der Waals surface area contributed by atoms with Crippen molar-refractivity contribution in [2.24, 2.45) is 5.73 Å². The molecule has 25 heavy (non-hydrogen) atoms. The van der Waals surface area contributed by atoms with E-state index in [1.165, 1.54) is 16.7 Å². The fourth-order valence-corrected chi connectivity index (χ4v) is 2.46. The third kappa shape index (κ3) is 3.64. The van der Waals surface area contributed by atoms with E-state index in [1.807, 2.05) is 0 Å². The van der Waals surface area contributed by atoms with Crippen molar-refractivity contribution in [3.8, 4) is 11.3 Å². The number of aromatic amines is 1. The molecular formula is C17H17N5O3. The Morgan fingerprint density at radius 2 is 2.28 bits per heavy atom. The summed E-state index contributed by atoms with van der Waals surface area (Å²) in [4.78, 5) is 34.6. The number of aromatic nitrogens is 4. The summed E-state index contributed by atoms with van der Waals surface area (Å²) in [5.74, 6) is -0.552. The topological polar surface area (TPSA) is 127 Å². The quantitative estimate of drug-likeness (QED) is 0.589. The first-order valence-electron chi connectivity index (χ1n) is 7.64. The van der Waals surface area contributed by atoms with Crippen molar-refractivity contribution in [2.75, 3.05) is 0 Å². The van der Waals surface area contributed by atoms with Gasteiger partial charge in [-0.1, -0.05) is 0 Å². The highest BCUT2D eigenvalue weighted by molar-refractivity contribution is 5.93. The minimum atomic E-state index is -0.642. The first-order chi connectivity index (χ1) is 11.9. The van der Waals surface area contributed by atoms with E-state index in [-0.39, 0.29) is 12.1 Å². The number of fused-ring (bicyclic) bond motifs is 1. The van der Waals surface area contributed by atoms with Gasteiger partial charge in [-0.2, -0.15) is 0 Å². The van der Waals surface area contributed by atoms with Crippen LogP contribution in [0.15, 0.2) is 41.6 Å². The number of rotatable bonds is 5. The van der Waals surface area contributed by atoms with Crippen LogP contribution < -0.4 is 11.3 Å². The number of hydrogen-bond acceptors (Lipinski definition) is 5. The largest absolute Gasteiger partial charge is 0.392 e.